The van der Waals surface area contributed by atoms with Crippen LogP contribution < -0.4 is 10.1 Å². The second-order valence-electron chi connectivity index (χ2n) is 7.57. The van der Waals surface area contributed by atoms with Crippen molar-refractivity contribution in [1.82, 2.24) is 19.3 Å². The molecule has 0 spiro atoms. The fourth-order valence-electron chi connectivity index (χ4n) is 3.83. The van der Waals surface area contributed by atoms with E-state index in [4.69, 9.17) is 21.1 Å². The van der Waals surface area contributed by atoms with E-state index in [1.54, 1.807) is 19.5 Å². The molecular formula is C24H22ClN5O3. The summed E-state index contributed by atoms with van der Waals surface area (Å²) < 4.78 is 12.5. The zero-order valence-electron chi connectivity index (χ0n) is 18.0. The van der Waals surface area contributed by atoms with Gasteiger partial charge in [-0.25, -0.2) is 9.97 Å². The van der Waals surface area contributed by atoms with Crippen molar-refractivity contribution in [3.8, 4) is 17.0 Å². The van der Waals surface area contributed by atoms with Gasteiger partial charge in [-0.05, 0) is 42.5 Å². The summed E-state index contributed by atoms with van der Waals surface area (Å²) in [6.07, 6.45) is 5.34. The number of carbonyl (C=O) groups is 1. The second-order valence-corrected chi connectivity index (χ2v) is 7.98. The van der Waals surface area contributed by atoms with Gasteiger partial charge in [0, 0.05) is 42.3 Å². The number of morpholine rings is 1. The van der Waals surface area contributed by atoms with Crippen LogP contribution in [0.4, 0.5) is 11.5 Å². The van der Waals surface area contributed by atoms with Gasteiger partial charge in [0.2, 0.25) is 0 Å². The highest BCUT2D eigenvalue weighted by atomic mass is 35.5. The first kappa shape index (κ1) is 21.2. The molecule has 1 amide bonds. The Morgan fingerprint density at radius 3 is 2.64 bits per heavy atom. The van der Waals surface area contributed by atoms with Gasteiger partial charge in [-0.1, -0.05) is 11.6 Å². The Labute approximate surface area is 195 Å². The number of halogens is 1. The van der Waals surface area contributed by atoms with Crippen LogP contribution in [0.25, 0.3) is 16.9 Å². The van der Waals surface area contributed by atoms with E-state index in [9.17, 15) is 4.79 Å². The Balaban J connectivity index is 1.38. The monoisotopic (exact) mass is 463 g/mol. The lowest BCUT2D eigenvalue weighted by molar-refractivity contribution is 0.0303. The van der Waals surface area contributed by atoms with Crippen molar-refractivity contribution in [2.24, 2.45) is 0 Å². The van der Waals surface area contributed by atoms with E-state index >= 15 is 0 Å². The highest BCUT2D eigenvalue weighted by Gasteiger charge is 2.18. The lowest BCUT2D eigenvalue weighted by atomic mass is 10.1. The molecule has 2 aromatic heterocycles. The first-order valence-electron chi connectivity index (χ1n) is 10.5. The summed E-state index contributed by atoms with van der Waals surface area (Å²) in [5.74, 6) is 1.24. The van der Waals surface area contributed by atoms with Crippen molar-refractivity contribution in [2.45, 2.75) is 0 Å². The molecule has 8 nitrogen and oxygen atoms in total. The molecule has 9 heteroatoms. The third-order valence-electron chi connectivity index (χ3n) is 5.57. The molecule has 1 N–H and O–H groups in total. The van der Waals surface area contributed by atoms with Crippen LogP contribution in [0.3, 0.4) is 0 Å². The van der Waals surface area contributed by atoms with Crippen LogP contribution in [0.15, 0.2) is 61.1 Å². The van der Waals surface area contributed by atoms with Gasteiger partial charge in [-0.15, -0.1) is 0 Å². The Bertz CT molecular complexity index is 1300. The highest BCUT2D eigenvalue weighted by Crippen LogP contribution is 2.31. The van der Waals surface area contributed by atoms with Gasteiger partial charge in [0.25, 0.3) is 5.91 Å². The predicted molar refractivity (Wildman–Crippen MR) is 126 cm³/mol. The van der Waals surface area contributed by atoms with Crippen molar-refractivity contribution in [3.05, 3.63) is 71.6 Å². The first-order chi connectivity index (χ1) is 16.1. The summed E-state index contributed by atoms with van der Waals surface area (Å²) >= 11 is 6.31. The summed E-state index contributed by atoms with van der Waals surface area (Å²) in [6, 6.07) is 13.0. The van der Waals surface area contributed by atoms with E-state index in [-0.39, 0.29) is 5.91 Å². The summed E-state index contributed by atoms with van der Waals surface area (Å²) in [5.41, 5.74) is 3.93. The number of aromatic nitrogens is 3. The van der Waals surface area contributed by atoms with Crippen molar-refractivity contribution in [1.29, 1.82) is 0 Å². The lowest BCUT2D eigenvalue weighted by Gasteiger charge is -2.26. The van der Waals surface area contributed by atoms with Gasteiger partial charge in [0.15, 0.2) is 11.5 Å². The Morgan fingerprint density at radius 2 is 1.91 bits per heavy atom. The number of carbonyl (C=O) groups excluding carboxylic acids is 1. The number of benzene rings is 2. The molecule has 1 aliphatic heterocycles. The van der Waals surface area contributed by atoms with Crippen LogP contribution in [0.1, 0.15) is 10.4 Å². The molecule has 5 rings (SSSR count). The molecule has 1 fully saturated rings. The minimum atomic E-state index is 0.0149. The Kier molecular flexibility index (Phi) is 5.85. The number of hydrogen-bond donors (Lipinski definition) is 1. The molecule has 33 heavy (non-hydrogen) atoms. The molecule has 0 atom stereocenters. The second kappa shape index (κ2) is 9.09. The average Bonchev–Trinajstić information content (AvgIpc) is 3.30. The van der Waals surface area contributed by atoms with Crippen molar-refractivity contribution in [2.75, 3.05) is 38.7 Å². The maximum absolute atomic E-state index is 12.7. The van der Waals surface area contributed by atoms with Gasteiger partial charge < -0.3 is 19.7 Å². The van der Waals surface area contributed by atoms with E-state index in [0.29, 0.717) is 54.1 Å². The highest BCUT2D eigenvalue weighted by molar-refractivity contribution is 6.32. The molecule has 0 bridgehead atoms. The molecular weight excluding hydrogens is 442 g/mol. The fourth-order valence-corrected chi connectivity index (χ4v) is 4.09. The minimum absolute atomic E-state index is 0.0149. The van der Waals surface area contributed by atoms with E-state index < -0.39 is 0 Å². The maximum Gasteiger partial charge on any atom is 0.254 e. The summed E-state index contributed by atoms with van der Waals surface area (Å²) in [4.78, 5) is 23.5. The zero-order valence-corrected chi connectivity index (χ0v) is 18.7. The SMILES string of the molecule is COc1ccc(-c2cnc3c(Nc4ccc(C(=O)N5CCOCC5)cc4)nccn23)cc1Cl. The molecule has 1 saturated heterocycles. The van der Waals surface area contributed by atoms with Crippen molar-refractivity contribution < 1.29 is 14.3 Å². The molecule has 0 saturated carbocycles. The Hall–Kier alpha value is -3.62. The molecule has 1 aliphatic rings. The number of anilines is 2. The molecule has 2 aromatic carbocycles. The normalized spacial score (nSPS) is 13.8. The number of fused-ring (bicyclic) bond motifs is 1. The van der Waals surface area contributed by atoms with Crippen LogP contribution in [-0.2, 0) is 4.74 Å². The first-order valence-corrected chi connectivity index (χ1v) is 10.9. The predicted octanol–water partition coefficient (Wildman–Crippen LogP) is 4.27. The third kappa shape index (κ3) is 4.22. The van der Waals surface area contributed by atoms with E-state index in [0.717, 1.165) is 16.9 Å². The number of imidazole rings is 1. The van der Waals surface area contributed by atoms with Gasteiger partial charge in [-0.3, -0.25) is 9.20 Å². The maximum atomic E-state index is 12.7. The van der Waals surface area contributed by atoms with E-state index in [2.05, 4.69) is 15.3 Å². The number of ether oxygens (including phenoxy) is 2. The number of methoxy groups -OCH3 is 1. The van der Waals surface area contributed by atoms with Crippen LogP contribution in [-0.4, -0.2) is 58.6 Å². The topological polar surface area (TPSA) is 81.0 Å². The van der Waals surface area contributed by atoms with Crippen LogP contribution in [0.2, 0.25) is 5.02 Å². The number of nitrogens with zero attached hydrogens (tertiary/aromatic N) is 4. The average molecular weight is 464 g/mol. The van der Waals surface area contributed by atoms with E-state index in [1.807, 2.05) is 58.0 Å². The summed E-state index contributed by atoms with van der Waals surface area (Å²) in [7, 11) is 1.59. The molecule has 0 aliphatic carbocycles. The number of amides is 1. The van der Waals surface area contributed by atoms with Crippen LogP contribution in [0, 0.1) is 0 Å². The van der Waals surface area contributed by atoms with Crippen molar-refractivity contribution >= 4 is 34.7 Å². The molecule has 0 unspecified atom stereocenters. The smallest absolute Gasteiger partial charge is 0.254 e. The summed E-state index contributed by atoms with van der Waals surface area (Å²) in [6.45, 7) is 2.39. The molecule has 4 aromatic rings. The Morgan fingerprint density at radius 1 is 1.12 bits per heavy atom. The fraction of sp³-hybridized carbons (Fsp3) is 0.208. The van der Waals surface area contributed by atoms with Crippen LogP contribution in [0.5, 0.6) is 5.75 Å². The van der Waals surface area contributed by atoms with Gasteiger partial charge in [-0.2, -0.15) is 0 Å². The van der Waals surface area contributed by atoms with Crippen LogP contribution >= 0.6 is 11.6 Å². The summed E-state index contributed by atoms with van der Waals surface area (Å²) in [5, 5.41) is 3.83. The minimum Gasteiger partial charge on any atom is -0.495 e. The molecule has 168 valence electrons. The molecule has 0 radical (unpaired) electrons. The third-order valence-corrected chi connectivity index (χ3v) is 5.86. The van der Waals surface area contributed by atoms with Crippen molar-refractivity contribution in [3.63, 3.8) is 0 Å². The molecule has 3 heterocycles. The lowest BCUT2D eigenvalue weighted by Crippen LogP contribution is -2.40. The quantitative estimate of drug-likeness (QED) is 0.476. The van der Waals surface area contributed by atoms with E-state index in [1.165, 1.54) is 0 Å². The largest absolute Gasteiger partial charge is 0.495 e. The van der Waals surface area contributed by atoms with Gasteiger partial charge >= 0.3 is 0 Å². The van der Waals surface area contributed by atoms with Gasteiger partial charge in [0.05, 0.1) is 37.2 Å². The number of rotatable bonds is 5. The van der Waals surface area contributed by atoms with Gasteiger partial charge in [0.1, 0.15) is 5.75 Å². The zero-order chi connectivity index (χ0) is 22.8. The number of nitrogens with one attached hydrogen (secondary N) is 1. The standard InChI is InChI=1S/C24H22ClN5O3/c1-32-21-7-4-17(14-19(21)25)20-15-27-23-22(26-8-9-30(20)23)28-18-5-2-16(3-6-18)24(31)29-10-12-33-13-11-29/h2-9,14-15H,10-13H2,1H3,(H,26,28). The number of hydrogen-bond acceptors (Lipinski definition) is 6.